The molecule has 0 aromatic carbocycles. The molecular weight excluding hydrogens is 274 g/mol. The molecule has 0 radical (unpaired) electrons. The number of amides is 1. The summed E-state index contributed by atoms with van der Waals surface area (Å²) in [5.74, 6) is -0.754. The van der Waals surface area contributed by atoms with Crippen LogP contribution >= 0.6 is 0 Å². The van der Waals surface area contributed by atoms with Crippen molar-refractivity contribution in [1.82, 2.24) is 14.7 Å². The first kappa shape index (κ1) is 15.2. The van der Waals surface area contributed by atoms with Gasteiger partial charge in [-0.1, -0.05) is 6.92 Å². The Labute approximate surface area is 122 Å². The van der Waals surface area contributed by atoms with E-state index < -0.39 is 12.0 Å². The van der Waals surface area contributed by atoms with Crippen molar-refractivity contribution >= 4 is 11.9 Å². The lowest BCUT2D eigenvalue weighted by Crippen LogP contribution is -2.42. The van der Waals surface area contributed by atoms with Gasteiger partial charge in [0.15, 0.2) is 0 Å². The third-order valence-corrected chi connectivity index (χ3v) is 3.51. The minimum Gasteiger partial charge on any atom is -0.467 e. The number of hydrogen-bond acceptors (Lipinski definition) is 5. The lowest BCUT2D eigenvalue weighted by molar-refractivity contribution is -0.145. The van der Waals surface area contributed by atoms with Gasteiger partial charge in [-0.15, -0.1) is 0 Å². The minimum absolute atomic E-state index is 0.179. The van der Waals surface area contributed by atoms with E-state index >= 15 is 0 Å². The molecule has 7 heteroatoms. The van der Waals surface area contributed by atoms with Crippen molar-refractivity contribution in [2.24, 2.45) is 0 Å². The van der Waals surface area contributed by atoms with E-state index in [1.54, 1.807) is 0 Å². The maximum Gasteiger partial charge on any atom is 0.328 e. The summed E-state index contributed by atoms with van der Waals surface area (Å²) < 4.78 is 6.00. The van der Waals surface area contributed by atoms with Crippen molar-refractivity contribution in [3.05, 3.63) is 28.2 Å². The van der Waals surface area contributed by atoms with Crippen LogP contribution < -0.4 is 5.56 Å². The van der Waals surface area contributed by atoms with Gasteiger partial charge >= 0.3 is 5.97 Å². The Kier molecular flexibility index (Phi) is 4.72. The Morgan fingerprint density at radius 2 is 2.19 bits per heavy atom. The number of methoxy groups -OCH3 is 1. The summed E-state index contributed by atoms with van der Waals surface area (Å²) in [5, 5.41) is 4.09. The van der Waals surface area contributed by atoms with E-state index in [1.165, 1.54) is 28.8 Å². The number of aryl methyl sites for hydroxylation is 1. The fourth-order valence-electron chi connectivity index (χ4n) is 2.47. The van der Waals surface area contributed by atoms with E-state index in [0.717, 1.165) is 12.8 Å². The van der Waals surface area contributed by atoms with E-state index in [2.05, 4.69) is 5.10 Å². The van der Waals surface area contributed by atoms with Gasteiger partial charge in [-0.3, -0.25) is 9.59 Å². The van der Waals surface area contributed by atoms with Gasteiger partial charge in [0, 0.05) is 19.2 Å². The third-order valence-electron chi connectivity index (χ3n) is 3.51. The SMILES string of the molecule is CCCn1nc(C(=O)N2CCC[C@@H]2C(=O)OC)ccc1=O. The molecule has 1 aliphatic rings. The lowest BCUT2D eigenvalue weighted by Gasteiger charge is -2.22. The molecule has 1 aromatic heterocycles. The first-order chi connectivity index (χ1) is 10.1. The predicted octanol–water partition coefficient (Wildman–Crippen LogP) is 0.431. The summed E-state index contributed by atoms with van der Waals surface area (Å²) in [5.41, 5.74) is -0.0572. The van der Waals surface area contributed by atoms with E-state index in [0.29, 0.717) is 19.5 Å². The standard InChI is InChI=1S/C14H19N3O4/c1-3-8-17-12(18)7-6-10(15-17)13(19)16-9-4-5-11(16)14(20)21-2/h6-7,11H,3-5,8-9H2,1-2H3/t11-/m1/s1. The van der Waals surface area contributed by atoms with Crippen molar-refractivity contribution < 1.29 is 14.3 Å². The van der Waals surface area contributed by atoms with Crippen molar-refractivity contribution in [2.75, 3.05) is 13.7 Å². The highest BCUT2D eigenvalue weighted by Gasteiger charge is 2.35. The summed E-state index contributed by atoms with van der Waals surface area (Å²) in [6.45, 7) is 2.88. The number of rotatable bonds is 4. The molecular formula is C14H19N3O4. The molecule has 0 unspecified atom stereocenters. The molecule has 0 N–H and O–H groups in total. The monoisotopic (exact) mass is 293 g/mol. The second kappa shape index (κ2) is 6.51. The highest BCUT2D eigenvalue weighted by Crippen LogP contribution is 2.20. The van der Waals surface area contributed by atoms with Crippen molar-refractivity contribution in [1.29, 1.82) is 0 Å². The first-order valence-electron chi connectivity index (χ1n) is 7.05. The second-order valence-corrected chi connectivity index (χ2v) is 4.96. The number of carbonyl (C=O) groups is 2. The number of hydrogen-bond donors (Lipinski definition) is 0. The van der Waals surface area contributed by atoms with Crippen LogP contribution in [0.1, 0.15) is 36.7 Å². The van der Waals surface area contributed by atoms with Gasteiger partial charge < -0.3 is 9.64 Å². The molecule has 114 valence electrons. The lowest BCUT2D eigenvalue weighted by atomic mass is 10.2. The van der Waals surface area contributed by atoms with Crippen LogP contribution in [0.3, 0.4) is 0 Å². The summed E-state index contributed by atoms with van der Waals surface area (Å²) in [7, 11) is 1.31. The Balaban J connectivity index is 2.25. The molecule has 21 heavy (non-hydrogen) atoms. The number of esters is 1. The van der Waals surface area contributed by atoms with Gasteiger partial charge in [-0.2, -0.15) is 5.10 Å². The summed E-state index contributed by atoms with van der Waals surface area (Å²) in [6.07, 6.45) is 2.09. The number of ether oxygens (including phenoxy) is 1. The zero-order valence-corrected chi connectivity index (χ0v) is 12.2. The van der Waals surface area contributed by atoms with Crippen molar-refractivity contribution in [2.45, 2.75) is 38.8 Å². The number of carbonyl (C=O) groups excluding carboxylic acids is 2. The van der Waals surface area contributed by atoms with Crippen LogP contribution in [0.4, 0.5) is 0 Å². The van der Waals surface area contributed by atoms with Crippen LogP contribution in [0.2, 0.25) is 0 Å². The molecule has 1 aromatic rings. The molecule has 1 amide bonds. The van der Waals surface area contributed by atoms with Crippen LogP contribution in [0.15, 0.2) is 16.9 Å². The Hall–Kier alpha value is -2.18. The number of aromatic nitrogens is 2. The Bertz CT molecular complexity index is 596. The largest absolute Gasteiger partial charge is 0.467 e. The summed E-state index contributed by atoms with van der Waals surface area (Å²) in [4.78, 5) is 37.3. The molecule has 0 saturated carbocycles. The summed E-state index contributed by atoms with van der Waals surface area (Å²) in [6, 6.07) is 2.18. The molecule has 0 spiro atoms. The highest BCUT2D eigenvalue weighted by atomic mass is 16.5. The van der Waals surface area contributed by atoms with Gasteiger partial charge in [-0.05, 0) is 25.3 Å². The van der Waals surface area contributed by atoms with Gasteiger partial charge in [0.25, 0.3) is 11.5 Å². The maximum absolute atomic E-state index is 12.5. The zero-order chi connectivity index (χ0) is 15.4. The normalized spacial score (nSPS) is 17.8. The van der Waals surface area contributed by atoms with Crippen LogP contribution in [0.25, 0.3) is 0 Å². The van der Waals surface area contributed by atoms with E-state index in [1.807, 2.05) is 6.92 Å². The molecule has 1 atom stereocenters. The fourth-order valence-corrected chi connectivity index (χ4v) is 2.47. The van der Waals surface area contributed by atoms with Gasteiger partial charge in [-0.25, -0.2) is 9.48 Å². The first-order valence-corrected chi connectivity index (χ1v) is 7.05. The van der Waals surface area contributed by atoms with Gasteiger partial charge in [0.1, 0.15) is 11.7 Å². The minimum atomic E-state index is -0.559. The topological polar surface area (TPSA) is 81.5 Å². The molecule has 1 aliphatic heterocycles. The molecule has 7 nitrogen and oxygen atoms in total. The van der Waals surface area contributed by atoms with Crippen molar-refractivity contribution in [3.8, 4) is 0 Å². The van der Waals surface area contributed by atoms with Gasteiger partial charge in [0.2, 0.25) is 0 Å². The van der Waals surface area contributed by atoms with E-state index in [-0.39, 0.29) is 17.2 Å². The van der Waals surface area contributed by atoms with Crippen LogP contribution in [0, 0.1) is 0 Å². The quantitative estimate of drug-likeness (QED) is 0.752. The molecule has 2 heterocycles. The van der Waals surface area contributed by atoms with Crippen molar-refractivity contribution in [3.63, 3.8) is 0 Å². The fraction of sp³-hybridized carbons (Fsp3) is 0.571. The number of nitrogens with zero attached hydrogens (tertiary/aromatic N) is 3. The molecule has 0 aliphatic carbocycles. The molecule has 1 saturated heterocycles. The number of likely N-dealkylation sites (tertiary alicyclic amines) is 1. The molecule has 2 rings (SSSR count). The van der Waals surface area contributed by atoms with Gasteiger partial charge in [0.05, 0.1) is 7.11 Å². The second-order valence-electron chi connectivity index (χ2n) is 4.96. The Morgan fingerprint density at radius 1 is 1.43 bits per heavy atom. The highest BCUT2D eigenvalue weighted by molar-refractivity contribution is 5.95. The maximum atomic E-state index is 12.5. The predicted molar refractivity (Wildman–Crippen MR) is 74.9 cm³/mol. The van der Waals surface area contributed by atoms with E-state index in [4.69, 9.17) is 4.74 Å². The van der Waals surface area contributed by atoms with Crippen LogP contribution in [-0.4, -0.2) is 46.3 Å². The van der Waals surface area contributed by atoms with Crippen LogP contribution in [-0.2, 0) is 16.1 Å². The average Bonchev–Trinajstić information content (AvgIpc) is 2.97. The molecule has 0 bridgehead atoms. The zero-order valence-electron chi connectivity index (χ0n) is 12.2. The van der Waals surface area contributed by atoms with Crippen LogP contribution in [0.5, 0.6) is 0 Å². The molecule has 1 fully saturated rings. The van der Waals surface area contributed by atoms with E-state index in [9.17, 15) is 14.4 Å². The Morgan fingerprint density at radius 3 is 2.86 bits per heavy atom. The smallest absolute Gasteiger partial charge is 0.328 e. The average molecular weight is 293 g/mol. The summed E-state index contributed by atoms with van der Waals surface area (Å²) >= 11 is 0. The third kappa shape index (κ3) is 3.12.